The van der Waals surface area contributed by atoms with Crippen LogP contribution in [-0.4, -0.2) is 35.0 Å². The van der Waals surface area contributed by atoms with E-state index >= 15 is 0 Å². The molecule has 0 spiro atoms. The number of amides is 3. The summed E-state index contributed by atoms with van der Waals surface area (Å²) >= 11 is 2.38. The highest BCUT2D eigenvalue weighted by atomic mass is 32.2. The van der Waals surface area contributed by atoms with Crippen molar-refractivity contribution in [1.82, 2.24) is 10.2 Å². The maximum Gasteiger partial charge on any atom is 0.294 e. The molecule has 1 N–H and O–H groups in total. The summed E-state index contributed by atoms with van der Waals surface area (Å²) < 4.78 is 0. The van der Waals surface area contributed by atoms with Gasteiger partial charge in [0.1, 0.15) is 6.54 Å². The maximum absolute atomic E-state index is 12.5. The van der Waals surface area contributed by atoms with E-state index < -0.39 is 11.1 Å². The third-order valence-electron chi connectivity index (χ3n) is 5.31. The first-order valence-corrected chi connectivity index (χ1v) is 10.9. The van der Waals surface area contributed by atoms with Crippen LogP contribution in [0, 0.1) is 0 Å². The van der Waals surface area contributed by atoms with Gasteiger partial charge in [0.2, 0.25) is 5.91 Å². The zero-order chi connectivity index (χ0) is 19.6. The van der Waals surface area contributed by atoms with Crippen molar-refractivity contribution in [3.8, 4) is 0 Å². The molecule has 4 rings (SSSR count). The van der Waals surface area contributed by atoms with E-state index in [4.69, 9.17) is 0 Å². The Hall–Kier alpha value is -2.38. The second kappa shape index (κ2) is 7.93. The molecule has 1 aromatic heterocycles. The maximum atomic E-state index is 12.5. The van der Waals surface area contributed by atoms with Gasteiger partial charge >= 0.3 is 0 Å². The number of nitrogens with one attached hydrogen (secondary N) is 1. The quantitative estimate of drug-likeness (QED) is 0.728. The number of hydrogen-bond donors (Lipinski definition) is 1. The molecule has 2 aliphatic rings. The molecule has 7 heteroatoms. The number of rotatable bonds is 6. The number of imide groups is 1. The Morgan fingerprint density at radius 2 is 1.93 bits per heavy atom. The molecule has 1 aromatic carbocycles. The number of carbonyl (C=O) groups excluding carboxylic acids is 3. The number of hydrogen-bond acceptors (Lipinski definition) is 5. The molecule has 0 radical (unpaired) electrons. The van der Waals surface area contributed by atoms with Crippen LogP contribution in [0.4, 0.5) is 4.79 Å². The van der Waals surface area contributed by atoms with Gasteiger partial charge in [0, 0.05) is 16.8 Å². The standard InChI is InChI=1S/C21H20N2O3S2/c24-18(22-14-21(9-5-10-21)15-6-2-1-3-7-15)13-23-19(25)17(28-20(23)26)12-16-8-4-11-27-16/h1-4,6-8,11-12H,5,9-10,13-14H2,(H,22,24)/b17-12-. The van der Waals surface area contributed by atoms with Crippen LogP contribution in [0.5, 0.6) is 0 Å². The lowest BCUT2D eigenvalue weighted by molar-refractivity contribution is -0.129. The molecular weight excluding hydrogens is 392 g/mol. The van der Waals surface area contributed by atoms with Crippen LogP contribution >= 0.6 is 23.1 Å². The number of benzene rings is 1. The van der Waals surface area contributed by atoms with Crippen LogP contribution in [0.2, 0.25) is 0 Å². The normalized spacial score (nSPS) is 19.7. The fraction of sp³-hybridized carbons (Fsp3) is 0.286. The zero-order valence-corrected chi connectivity index (χ0v) is 16.9. The Labute approximate surface area is 171 Å². The SMILES string of the molecule is O=C(CN1C(=O)S/C(=C\c2cccs2)C1=O)NCC1(c2ccccc2)CCC1. The third-order valence-corrected chi connectivity index (χ3v) is 7.04. The summed E-state index contributed by atoms with van der Waals surface area (Å²) in [6, 6.07) is 14.0. The van der Waals surface area contributed by atoms with Gasteiger partial charge in [0.15, 0.2) is 0 Å². The van der Waals surface area contributed by atoms with Gasteiger partial charge < -0.3 is 5.32 Å². The molecule has 0 bridgehead atoms. The lowest BCUT2D eigenvalue weighted by Gasteiger charge is -2.42. The van der Waals surface area contributed by atoms with Crippen molar-refractivity contribution in [3.05, 3.63) is 63.2 Å². The molecule has 2 aromatic rings. The highest BCUT2D eigenvalue weighted by molar-refractivity contribution is 8.18. The van der Waals surface area contributed by atoms with Gasteiger partial charge in [-0.05, 0) is 47.7 Å². The largest absolute Gasteiger partial charge is 0.354 e. The van der Waals surface area contributed by atoms with E-state index in [9.17, 15) is 14.4 Å². The lowest BCUT2D eigenvalue weighted by Crippen LogP contribution is -2.48. The van der Waals surface area contributed by atoms with Crippen molar-refractivity contribution in [2.24, 2.45) is 0 Å². The molecule has 144 valence electrons. The lowest BCUT2D eigenvalue weighted by atomic mass is 9.64. The van der Waals surface area contributed by atoms with Gasteiger partial charge in [0.25, 0.3) is 11.1 Å². The van der Waals surface area contributed by atoms with Crippen molar-refractivity contribution >= 4 is 46.2 Å². The minimum Gasteiger partial charge on any atom is -0.354 e. The van der Waals surface area contributed by atoms with Gasteiger partial charge in [-0.3, -0.25) is 19.3 Å². The minimum atomic E-state index is -0.403. The van der Waals surface area contributed by atoms with Crippen LogP contribution in [0.15, 0.2) is 52.7 Å². The summed E-state index contributed by atoms with van der Waals surface area (Å²) in [5.41, 5.74) is 1.20. The first-order valence-electron chi connectivity index (χ1n) is 9.19. The zero-order valence-electron chi connectivity index (χ0n) is 15.2. The summed E-state index contributed by atoms with van der Waals surface area (Å²) in [6.07, 6.45) is 4.90. The van der Waals surface area contributed by atoms with Crippen LogP contribution in [0.1, 0.15) is 29.7 Å². The van der Waals surface area contributed by atoms with Crippen molar-refractivity contribution in [3.63, 3.8) is 0 Å². The van der Waals surface area contributed by atoms with Crippen LogP contribution in [0.3, 0.4) is 0 Å². The number of thioether (sulfide) groups is 1. The molecule has 1 saturated heterocycles. The molecule has 3 amide bonds. The first-order chi connectivity index (χ1) is 13.6. The molecule has 2 fully saturated rings. The highest BCUT2D eigenvalue weighted by Crippen LogP contribution is 2.43. The Balaban J connectivity index is 1.37. The van der Waals surface area contributed by atoms with E-state index in [-0.39, 0.29) is 17.9 Å². The third kappa shape index (κ3) is 3.77. The van der Waals surface area contributed by atoms with Gasteiger partial charge in [0.05, 0.1) is 4.91 Å². The van der Waals surface area contributed by atoms with Crippen LogP contribution in [0.25, 0.3) is 6.08 Å². The smallest absolute Gasteiger partial charge is 0.294 e. The van der Waals surface area contributed by atoms with Crippen molar-refractivity contribution in [1.29, 1.82) is 0 Å². The van der Waals surface area contributed by atoms with Gasteiger partial charge in [-0.25, -0.2) is 0 Å². The predicted octanol–water partition coefficient (Wildman–Crippen LogP) is 4.02. The average Bonchev–Trinajstić information content (AvgIpc) is 3.26. The summed E-state index contributed by atoms with van der Waals surface area (Å²) in [6.45, 7) is 0.286. The monoisotopic (exact) mass is 412 g/mol. The van der Waals surface area contributed by atoms with Gasteiger partial charge in [-0.2, -0.15) is 0 Å². The molecule has 1 aliphatic heterocycles. The Morgan fingerprint density at radius 3 is 2.57 bits per heavy atom. The summed E-state index contributed by atoms with van der Waals surface area (Å²) in [7, 11) is 0. The van der Waals surface area contributed by atoms with Crippen LogP contribution < -0.4 is 5.32 Å². The van der Waals surface area contributed by atoms with E-state index in [0.717, 1.165) is 40.8 Å². The Kier molecular flexibility index (Phi) is 5.37. The molecule has 1 saturated carbocycles. The average molecular weight is 413 g/mol. The van der Waals surface area contributed by atoms with E-state index in [1.54, 1.807) is 6.08 Å². The Morgan fingerprint density at radius 1 is 1.14 bits per heavy atom. The topological polar surface area (TPSA) is 66.5 Å². The second-order valence-corrected chi connectivity index (χ2v) is 9.03. The molecule has 0 unspecified atom stereocenters. The van der Waals surface area contributed by atoms with Crippen molar-refractivity contribution < 1.29 is 14.4 Å². The summed E-state index contributed by atoms with van der Waals surface area (Å²) in [4.78, 5) is 39.4. The van der Waals surface area contributed by atoms with E-state index in [1.165, 1.54) is 16.9 Å². The summed E-state index contributed by atoms with van der Waals surface area (Å²) in [5, 5.41) is 4.45. The molecule has 0 atom stereocenters. The molecule has 28 heavy (non-hydrogen) atoms. The van der Waals surface area contributed by atoms with E-state index in [0.29, 0.717) is 11.4 Å². The number of nitrogens with zero attached hydrogens (tertiary/aromatic N) is 1. The molecule has 5 nitrogen and oxygen atoms in total. The highest BCUT2D eigenvalue weighted by Gasteiger charge is 2.40. The fourth-order valence-electron chi connectivity index (χ4n) is 3.57. The summed E-state index contributed by atoms with van der Waals surface area (Å²) in [5.74, 6) is -0.707. The van der Waals surface area contributed by atoms with Gasteiger partial charge in [-0.1, -0.05) is 42.8 Å². The van der Waals surface area contributed by atoms with Crippen molar-refractivity contribution in [2.45, 2.75) is 24.7 Å². The number of thiophene rings is 1. The number of carbonyl (C=O) groups is 3. The van der Waals surface area contributed by atoms with E-state index in [2.05, 4.69) is 17.4 Å². The molecule has 1 aliphatic carbocycles. The van der Waals surface area contributed by atoms with E-state index in [1.807, 2.05) is 35.7 Å². The molecular formula is C21H20N2O3S2. The predicted molar refractivity (Wildman–Crippen MR) is 112 cm³/mol. The first kappa shape index (κ1) is 19.0. The van der Waals surface area contributed by atoms with Gasteiger partial charge in [-0.15, -0.1) is 11.3 Å². The second-order valence-electron chi connectivity index (χ2n) is 7.06. The fourth-order valence-corrected chi connectivity index (χ4v) is 5.13. The minimum absolute atomic E-state index is 0.0328. The Bertz CT molecular complexity index is 918. The van der Waals surface area contributed by atoms with Crippen LogP contribution in [-0.2, 0) is 15.0 Å². The van der Waals surface area contributed by atoms with Crippen molar-refractivity contribution in [2.75, 3.05) is 13.1 Å². The molecule has 2 heterocycles.